The largest absolute Gasteiger partial charge is 0.497 e. The molecular weight excluding hydrogens is 280 g/mol. The molecule has 0 saturated carbocycles. The van der Waals surface area contributed by atoms with Gasteiger partial charge in [-0.25, -0.2) is 0 Å². The molecule has 2 rings (SSSR count). The Hall–Kier alpha value is -2.88. The lowest BCUT2D eigenvalue weighted by Gasteiger charge is -2.04. The summed E-state index contributed by atoms with van der Waals surface area (Å²) in [6.07, 6.45) is 3.08. The number of benzene rings is 2. The van der Waals surface area contributed by atoms with E-state index in [0.717, 1.165) is 0 Å². The zero-order valence-corrected chi connectivity index (χ0v) is 12.4. The van der Waals surface area contributed by atoms with E-state index in [4.69, 9.17) is 9.47 Å². The van der Waals surface area contributed by atoms with E-state index in [1.165, 1.54) is 13.0 Å². The van der Waals surface area contributed by atoms with Crippen molar-refractivity contribution in [2.75, 3.05) is 7.11 Å². The summed E-state index contributed by atoms with van der Waals surface area (Å²) in [5.74, 6) is 0.581. The number of carbonyl (C=O) groups is 2. The maximum Gasteiger partial charge on any atom is 0.308 e. The van der Waals surface area contributed by atoms with Gasteiger partial charge in [-0.2, -0.15) is 0 Å². The third-order valence-electron chi connectivity index (χ3n) is 2.96. The summed E-state index contributed by atoms with van der Waals surface area (Å²) in [7, 11) is 1.57. The Morgan fingerprint density at radius 1 is 1.00 bits per heavy atom. The van der Waals surface area contributed by atoms with Crippen LogP contribution in [0.3, 0.4) is 0 Å². The van der Waals surface area contributed by atoms with Gasteiger partial charge >= 0.3 is 5.97 Å². The normalized spacial score (nSPS) is 10.5. The molecule has 112 valence electrons. The van der Waals surface area contributed by atoms with Gasteiger partial charge < -0.3 is 9.47 Å². The predicted octanol–water partition coefficient (Wildman–Crippen LogP) is 3.52. The average molecular weight is 296 g/mol. The van der Waals surface area contributed by atoms with Crippen molar-refractivity contribution in [3.05, 3.63) is 65.7 Å². The molecule has 0 aliphatic rings. The SMILES string of the molecule is COc1ccc(C(=O)/C=C/c2ccccc2OC(C)=O)cc1. The maximum absolute atomic E-state index is 12.1. The highest BCUT2D eigenvalue weighted by atomic mass is 16.5. The monoisotopic (exact) mass is 296 g/mol. The molecule has 0 bridgehead atoms. The van der Waals surface area contributed by atoms with Crippen LogP contribution in [0.15, 0.2) is 54.6 Å². The summed E-state index contributed by atoms with van der Waals surface area (Å²) < 4.78 is 10.1. The molecule has 0 aromatic heterocycles. The Kier molecular flexibility index (Phi) is 5.09. The van der Waals surface area contributed by atoms with Crippen LogP contribution in [0.2, 0.25) is 0 Å². The van der Waals surface area contributed by atoms with E-state index in [2.05, 4.69) is 0 Å². The molecule has 2 aromatic carbocycles. The van der Waals surface area contributed by atoms with Gasteiger partial charge in [0.2, 0.25) is 0 Å². The summed E-state index contributed by atoms with van der Waals surface area (Å²) in [5.41, 5.74) is 1.22. The molecule has 4 nitrogen and oxygen atoms in total. The topological polar surface area (TPSA) is 52.6 Å². The van der Waals surface area contributed by atoms with Gasteiger partial charge in [-0.3, -0.25) is 9.59 Å². The first-order valence-electron chi connectivity index (χ1n) is 6.74. The first-order chi connectivity index (χ1) is 10.6. The summed E-state index contributed by atoms with van der Waals surface area (Å²) in [4.78, 5) is 23.2. The van der Waals surface area contributed by atoms with Crippen molar-refractivity contribution in [1.29, 1.82) is 0 Å². The lowest BCUT2D eigenvalue weighted by atomic mass is 10.1. The van der Waals surface area contributed by atoms with E-state index in [9.17, 15) is 9.59 Å². The molecule has 2 aromatic rings. The number of esters is 1. The van der Waals surface area contributed by atoms with Gasteiger partial charge in [0, 0.05) is 18.1 Å². The molecule has 22 heavy (non-hydrogen) atoms. The molecule has 0 spiro atoms. The Morgan fingerprint density at radius 3 is 2.32 bits per heavy atom. The third kappa shape index (κ3) is 4.06. The zero-order chi connectivity index (χ0) is 15.9. The zero-order valence-electron chi connectivity index (χ0n) is 12.4. The fraction of sp³-hybridized carbons (Fsp3) is 0.111. The van der Waals surface area contributed by atoms with Gasteiger partial charge in [0.15, 0.2) is 5.78 Å². The lowest BCUT2D eigenvalue weighted by Crippen LogP contribution is -2.02. The smallest absolute Gasteiger partial charge is 0.308 e. The molecule has 0 unspecified atom stereocenters. The number of ether oxygens (including phenoxy) is 2. The standard InChI is InChI=1S/C18H16O4/c1-13(19)22-18-6-4-3-5-15(18)9-12-17(20)14-7-10-16(21-2)11-8-14/h3-12H,1-2H3/b12-9+. The van der Waals surface area contributed by atoms with Crippen LogP contribution in [0, 0.1) is 0 Å². The van der Waals surface area contributed by atoms with Crippen molar-refractivity contribution in [2.24, 2.45) is 0 Å². The number of methoxy groups -OCH3 is 1. The van der Waals surface area contributed by atoms with Crippen molar-refractivity contribution in [2.45, 2.75) is 6.92 Å². The third-order valence-corrected chi connectivity index (χ3v) is 2.96. The van der Waals surface area contributed by atoms with E-state index in [1.807, 2.05) is 6.07 Å². The van der Waals surface area contributed by atoms with E-state index >= 15 is 0 Å². The minimum Gasteiger partial charge on any atom is -0.497 e. The first-order valence-corrected chi connectivity index (χ1v) is 6.74. The number of ketones is 1. The van der Waals surface area contributed by atoms with E-state index in [1.54, 1.807) is 55.7 Å². The van der Waals surface area contributed by atoms with Crippen molar-refractivity contribution >= 4 is 17.8 Å². The van der Waals surface area contributed by atoms with Crippen molar-refractivity contribution < 1.29 is 19.1 Å². The van der Waals surface area contributed by atoms with Gasteiger partial charge in [-0.1, -0.05) is 18.2 Å². The summed E-state index contributed by atoms with van der Waals surface area (Å²) in [6, 6.07) is 13.9. The number of allylic oxidation sites excluding steroid dienone is 1. The molecule has 4 heteroatoms. The van der Waals surface area contributed by atoms with Crippen LogP contribution >= 0.6 is 0 Å². The summed E-state index contributed by atoms with van der Waals surface area (Å²) >= 11 is 0. The second-order valence-electron chi connectivity index (χ2n) is 4.56. The fourth-order valence-corrected chi connectivity index (χ4v) is 1.88. The molecule has 0 radical (unpaired) electrons. The summed E-state index contributed by atoms with van der Waals surface area (Å²) in [5, 5.41) is 0. The second kappa shape index (κ2) is 7.22. The molecule has 0 heterocycles. The van der Waals surface area contributed by atoms with Crippen LogP contribution in [0.5, 0.6) is 11.5 Å². The quantitative estimate of drug-likeness (QED) is 0.367. The Bertz CT molecular complexity index is 699. The van der Waals surface area contributed by atoms with Gasteiger partial charge in [-0.05, 0) is 42.5 Å². The Morgan fingerprint density at radius 2 is 1.68 bits per heavy atom. The Labute approximate surface area is 129 Å². The summed E-state index contributed by atoms with van der Waals surface area (Å²) in [6.45, 7) is 1.34. The van der Waals surface area contributed by atoms with Crippen molar-refractivity contribution in [1.82, 2.24) is 0 Å². The predicted molar refractivity (Wildman–Crippen MR) is 84.1 cm³/mol. The number of carbonyl (C=O) groups excluding carboxylic acids is 2. The van der Waals surface area contributed by atoms with Crippen LogP contribution < -0.4 is 9.47 Å². The van der Waals surface area contributed by atoms with Crippen LogP contribution in [-0.4, -0.2) is 18.9 Å². The molecule has 0 N–H and O–H groups in total. The van der Waals surface area contributed by atoms with E-state index < -0.39 is 5.97 Å². The van der Waals surface area contributed by atoms with Crippen LogP contribution in [0.4, 0.5) is 0 Å². The fourth-order valence-electron chi connectivity index (χ4n) is 1.88. The van der Waals surface area contributed by atoms with E-state index in [-0.39, 0.29) is 5.78 Å². The average Bonchev–Trinajstić information content (AvgIpc) is 2.53. The van der Waals surface area contributed by atoms with Crippen molar-refractivity contribution in [3.63, 3.8) is 0 Å². The first kappa shape index (κ1) is 15.5. The number of hydrogen-bond acceptors (Lipinski definition) is 4. The molecule has 0 fully saturated rings. The van der Waals surface area contributed by atoms with Gasteiger partial charge in [0.1, 0.15) is 11.5 Å². The molecule has 0 aliphatic heterocycles. The molecule has 0 amide bonds. The van der Waals surface area contributed by atoms with Crippen LogP contribution in [-0.2, 0) is 4.79 Å². The number of rotatable bonds is 5. The van der Waals surface area contributed by atoms with E-state index in [0.29, 0.717) is 22.6 Å². The highest BCUT2D eigenvalue weighted by Gasteiger charge is 2.05. The molecular formula is C18H16O4. The van der Waals surface area contributed by atoms with Crippen molar-refractivity contribution in [3.8, 4) is 11.5 Å². The number of hydrogen-bond donors (Lipinski definition) is 0. The van der Waals surface area contributed by atoms with Gasteiger partial charge in [0.25, 0.3) is 0 Å². The second-order valence-corrected chi connectivity index (χ2v) is 4.56. The van der Waals surface area contributed by atoms with Gasteiger partial charge in [-0.15, -0.1) is 0 Å². The van der Waals surface area contributed by atoms with Gasteiger partial charge in [0.05, 0.1) is 7.11 Å². The highest BCUT2D eigenvalue weighted by molar-refractivity contribution is 6.07. The minimum absolute atomic E-state index is 0.139. The highest BCUT2D eigenvalue weighted by Crippen LogP contribution is 2.20. The molecule has 0 atom stereocenters. The van der Waals surface area contributed by atoms with Crippen LogP contribution in [0.1, 0.15) is 22.8 Å². The van der Waals surface area contributed by atoms with Crippen LogP contribution in [0.25, 0.3) is 6.08 Å². The maximum atomic E-state index is 12.1. The minimum atomic E-state index is -0.401. The molecule has 0 saturated heterocycles. The molecule has 0 aliphatic carbocycles. The lowest BCUT2D eigenvalue weighted by molar-refractivity contribution is -0.131. The number of para-hydroxylation sites is 1. The Balaban J connectivity index is 2.17.